The van der Waals surface area contributed by atoms with Crippen molar-refractivity contribution in [1.82, 2.24) is 0 Å². The lowest BCUT2D eigenvalue weighted by Gasteiger charge is -2.20. The van der Waals surface area contributed by atoms with Gasteiger partial charge in [0.2, 0.25) is 0 Å². The lowest BCUT2D eigenvalue weighted by Crippen LogP contribution is -2.16. The third-order valence-corrected chi connectivity index (χ3v) is 3.50. The minimum Gasteiger partial charge on any atom is -0.507 e. The highest BCUT2D eigenvalue weighted by atomic mass is 16.4. The number of anilines is 1. The van der Waals surface area contributed by atoms with Crippen LogP contribution in [0.3, 0.4) is 0 Å². The number of aromatic carboxylic acids is 1. The topological polar surface area (TPSA) is 86.6 Å². The smallest absolute Gasteiger partial charge is 0.335 e. The SMILES string of the molecule is CC(C)(C)c1ccc(O)c(C(=O)Nc2ccc(C(=O)O)cc2)c1. The van der Waals surface area contributed by atoms with Crippen molar-refractivity contribution in [3.8, 4) is 5.75 Å². The monoisotopic (exact) mass is 313 g/mol. The summed E-state index contributed by atoms with van der Waals surface area (Å²) in [5, 5.41) is 21.4. The summed E-state index contributed by atoms with van der Waals surface area (Å²) in [5.41, 5.74) is 1.56. The average molecular weight is 313 g/mol. The van der Waals surface area contributed by atoms with Gasteiger partial charge < -0.3 is 15.5 Å². The number of phenolic OH excluding ortho intramolecular Hbond substituents is 1. The van der Waals surface area contributed by atoms with Gasteiger partial charge in [-0.2, -0.15) is 0 Å². The molecule has 0 spiro atoms. The Morgan fingerprint density at radius 1 is 1.00 bits per heavy atom. The van der Waals surface area contributed by atoms with Crippen molar-refractivity contribution in [2.45, 2.75) is 26.2 Å². The lowest BCUT2D eigenvalue weighted by molar-refractivity contribution is 0.0696. The molecule has 0 saturated carbocycles. The first kappa shape index (κ1) is 16.5. The van der Waals surface area contributed by atoms with Crippen molar-refractivity contribution >= 4 is 17.6 Å². The van der Waals surface area contributed by atoms with Gasteiger partial charge in [0.05, 0.1) is 11.1 Å². The maximum Gasteiger partial charge on any atom is 0.335 e. The molecular weight excluding hydrogens is 294 g/mol. The van der Waals surface area contributed by atoms with Crippen LogP contribution >= 0.6 is 0 Å². The van der Waals surface area contributed by atoms with E-state index in [2.05, 4.69) is 5.32 Å². The Labute approximate surface area is 134 Å². The molecule has 0 aromatic heterocycles. The highest BCUT2D eigenvalue weighted by molar-refractivity contribution is 6.06. The fourth-order valence-corrected chi connectivity index (χ4v) is 2.08. The normalized spacial score (nSPS) is 11.1. The number of hydrogen-bond acceptors (Lipinski definition) is 3. The van der Waals surface area contributed by atoms with Crippen LogP contribution in [-0.4, -0.2) is 22.1 Å². The minimum absolute atomic E-state index is 0.0994. The van der Waals surface area contributed by atoms with Crippen molar-refractivity contribution in [3.05, 3.63) is 59.2 Å². The number of carbonyl (C=O) groups is 2. The second kappa shape index (κ2) is 6.12. The minimum atomic E-state index is -1.03. The van der Waals surface area contributed by atoms with Crippen LogP contribution in [0.15, 0.2) is 42.5 Å². The molecule has 23 heavy (non-hydrogen) atoms. The summed E-state index contributed by atoms with van der Waals surface area (Å²) in [4.78, 5) is 23.2. The Morgan fingerprint density at radius 3 is 2.13 bits per heavy atom. The summed E-state index contributed by atoms with van der Waals surface area (Å²) < 4.78 is 0. The maximum atomic E-state index is 12.3. The van der Waals surface area contributed by atoms with E-state index in [0.29, 0.717) is 5.69 Å². The molecule has 0 bridgehead atoms. The van der Waals surface area contributed by atoms with E-state index >= 15 is 0 Å². The van der Waals surface area contributed by atoms with Crippen LogP contribution in [0.1, 0.15) is 47.1 Å². The number of phenols is 1. The molecule has 2 aromatic carbocycles. The summed E-state index contributed by atoms with van der Waals surface area (Å²) in [7, 11) is 0. The number of carboxylic acid groups (broad SMARTS) is 1. The fraction of sp³-hybridized carbons (Fsp3) is 0.222. The van der Waals surface area contributed by atoms with Gasteiger partial charge in [0.1, 0.15) is 5.75 Å². The zero-order valence-corrected chi connectivity index (χ0v) is 13.3. The Hall–Kier alpha value is -2.82. The van der Waals surface area contributed by atoms with E-state index in [-0.39, 0.29) is 22.3 Å². The number of benzene rings is 2. The fourth-order valence-electron chi connectivity index (χ4n) is 2.08. The second-order valence-corrected chi connectivity index (χ2v) is 6.32. The molecule has 2 rings (SSSR count). The van der Waals surface area contributed by atoms with Gasteiger partial charge in [-0.25, -0.2) is 4.79 Å². The summed E-state index contributed by atoms with van der Waals surface area (Å²) in [6.45, 7) is 6.06. The average Bonchev–Trinajstić information content (AvgIpc) is 2.46. The molecule has 0 fully saturated rings. The molecule has 5 heteroatoms. The number of carbonyl (C=O) groups excluding carboxylic acids is 1. The quantitative estimate of drug-likeness (QED) is 0.807. The molecule has 1 amide bonds. The summed E-state index contributed by atoms with van der Waals surface area (Å²) in [6.07, 6.45) is 0. The maximum absolute atomic E-state index is 12.3. The molecule has 0 unspecified atom stereocenters. The number of aromatic hydroxyl groups is 1. The van der Waals surface area contributed by atoms with Crippen LogP contribution in [0.5, 0.6) is 5.75 Å². The molecule has 0 aliphatic carbocycles. The second-order valence-electron chi connectivity index (χ2n) is 6.32. The molecule has 5 nitrogen and oxygen atoms in total. The van der Waals surface area contributed by atoms with Gasteiger partial charge in [-0.3, -0.25) is 4.79 Å². The summed E-state index contributed by atoms with van der Waals surface area (Å²) in [5.74, 6) is -1.58. The first-order valence-electron chi connectivity index (χ1n) is 7.16. The lowest BCUT2D eigenvalue weighted by atomic mass is 9.86. The zero-order valence-electron chi connectivity index (χ0n) is 13.3. The molecule has 120 valence electrons. The molecule has 0 aliphatic rings. The molecule has 0 atom stereocenters. The molecule has 3 N–H and O–H groups in total. The number of carboxylic acids is 1. The standard InChI is InChI=1S/C18H19NO4/c1-18(2,3)12-6-9-15(20)14(10-12)16(21)19-13-7-4-11(5-8-13)17(22)23/h4-10,20H,1-3H3,(H,19,21)(H,22,23). The van der Waals surface area contributed by atoms with E-state index < -0.39 is 11.9 Å². The molecule has 0 radical (unpaired) electrons. The van der Waals surface area contributed by atoms with Crippen LogP contribution < -0.4 is 5.32 Å². The van der Waals surface area contributed by atoms with Crippen molar-refractivity contribution < 1.29 is 19.8 Å². The highest BCUT2D eigenvalue weighted by Crippen LogP contribution is 2.28. The number of nitrogens with one attached hydrogen (secondary N) is 1. The van der Waals surface area contributed by atoms with Crippen LogP contribution in [0.2, 0.25) is 0 Å². The Bertz CT molecular complexity index is 743. The van der Waals surface area contributed by atoms with E-state index in [1.54, 1.807) is 12.1 Å². The highest BCUT2D eigenvalue weighted by Gasteiger charge is 2.18. The van der Waals surface area contributed by atoms with Crippen LogP contribution in [0.25, 0.3) is 0 Å². The molecule has 0 saturated heterocycles. The van der Waals surface area contributed by atoms with E-state index in [4.69, 9.17) is 5.11 Å². The predicted octanol–water partition coefficient (Wildman–Crippen LogP) is 3.64. The van der Waals surface area contributed by atoms with Gasteiger partial charge in [-0.05, 0) is 47.4 Å². The van der Waals surface area contributed by atoms with E-state index in [0.717, 1.165) is 5.56 Å². The van der Waals surface area contributed by atoms with Gasteiger partial charge in [0, 0.05) is 5.69 Å². The van der Waals surface area contributed by atoms with Crippen molar-refractivity contribution in [1.29, 1.82) is 0 Å². The molecule has 0 aliphatic heterocycles. The van der Waals surface area contributed by atoms with E-state index in [1.807, 2.05) is 20.8 Å². The van der Waals surface area contributed by atoms with Crippen LogP contribution in [0.4, 0.5) is 5.69 Å². The first-order valence-corrected chi connectivity index (χ1v) is 7.16. The number of rotatable bonds is 3. The molecule has 0 heterocycles. The third-order valence-electron chi connectivity index (χ3n) is 3.50. The summed E-state index contributed by atoms with van der Waals surface area (Å²) >= 11 is 0. The largest absolute Gasteiger partial charge is 0.507 e. The Kier molecular flexibility index (Phi) is 4.40. The van der Waals surface area contributed by atoms with Gasteiger partial charge in [-0.1, -0.05) is 26.8 Å². The van der Waals surface area contributed by atoms with Crippen molar-refractivity contribution in [3.63, 3.8) is 0 Å². The molecular formula is C18H19NO4. The van der Waals surface area contributed by atoms with Crippen LogP contribution in [-0.2, 0) is 5.41 Å². The Balaban J connectivity index is 2.25. The first-order chi connectivity index (χ1) is 10.7. The van der Waals surface area contributed by atoms with Crippen LogP contribution in [0, 0.1) is 0 Å². The third kappa shape index (κ3) is 3.88. The van der Waals surface area contributed by atoms with Gasteiger partial charge in [0.15, 0.2) is 0 Å². The predicted molar refractivity (Wildman–Crippen MR) is 88.2 cm³/mol. The van der Waals surface area contributed by atoms with Crippen molar-refractivity contribution in [2.75, 3.05) is 5.32 Å². The zero-order chi connectivity index (χ0) is 17.2. The van der Waals surface area contributed by atoms with E-state index in [9.17, 15) is 14.7 Å². The van der Waals surface area contributed by atoms with Gasteiger partial charge in [0.25, 0.3) is 5.91 Å². The summed E-state index contributed by atoms with van der Waals surface area (Å²) in [6, 6.07) is 10.8. The number of amides is 1. The van der Waals surface area contributed by atoms with E-state index in [1.165, 1.54) is 30.3 Å². The Morgan fingerprint density at radius 2 is 1.61 bits per heavy atom. The molecule has 2 aromatic rings. The van der Waals surface area contributed by atoms with Gasteiger partial charge in [-0.15, -0.1) is 0 Å². The number of hydrogen-bond donors (Lipinski definition) is 3. The van der Waals surface area contributed by atoms with Gasteiger partial charge >= 0.3 is 5.97 Å². The van der Waals surface area contributed by atoms with Crippen molar-refractivity contribution in [2.24, 2.45) is 0 Å².